The molecule has 106 valence electrons. The van der Waals surface area contributed by atoms with Crippen LogP contribution in [0.4, 0.5) is 10.1 Å². The van der Waals surface area contributed by atoms with Crippen molar-refractivity contribution in [3.8, 4) is 0 Å². The van der Waals surface area contributed by atoms with Crippen LogP contribution in [0, 0.1) is 0 Å². The molecule has 0 unspecified atom stereocenters. The number of hydrogen-bond acceptors (Lipinski definition) is 2. The van der Waals surface area contributed by atoms with Crippen molar-refractivity contribution in [1.82, 2.24) is 4.90 Å². The highest BCUT2D eigenvalue weighted by atomic mass is 79.9. The molecule has 20 heavy (non-hydrogen) atoms. The van der Waals surface area contributed by atoms with Crippen molar-refractivity contribution in [1.29, 1.82) is 0 Å². The summed E-state index contributed by atoms with van der Waals surface area (Å²) in [7, 11) is 1.79. The van der Waals surface area contributed by atoms with E-state index in [0.29, 0.717) is 12.2 Å². The number of nitrogens with zero attached hydrogens (tertiary/aromatic N) is 2. The Hall–Kier alpha value is -1.29. The van der Waals surface area contributed by atoms with Gasteiger partial charge in [-0.05, 0) is 43.0 Å². The number of likely N-dealkylation sites (N-methyl/N-ethyl adjacent to an activating group) is 1. The van der Waals surface area contributed by atoms with Gasteiger partial charge in [-0.2, -0.15) is 4.39 Å². The molecule has 0 amide bonds. The van der Waals surface area contributed by atoms with Crippen molar-refractivity contribution in [2.75, 3.05) is 25.0 Å². The molecule has 1 aromatic carbocycles. The number of fused-ring (bicyclic) bond motifs is 1. The Morgan fingerprint density at radius 1 is 1.25 bits per heavy atom. The molecular formula is C16H18BrFN2. The standard InChI is InChI=1S/C16H18BrFN2/c1-19-10-5-9-15(16(19)18)20-11-3-2-6-12-13(17)7-4-8-14(12)20/h4-5,7-9H,2-3,6,10-11H2,1H3. The number of halogens is 2. The van der Waals surface area contributed by atoms with Gasteiger partial charge in [0.15, 0.2) is 0 Å². The van der Waals surface area contributed by atoms with Gasteiger partial charge in [0, 0.05) is 30.3 Å². The lowest BCUT2D eigenvalue weighted by Gasteiger charge is -2.31. The lowest BCUT2D eigenvalue weighted by molar-refractivity contribution is 0.334. The number of rotatable bonds is 1. The average Bonchev–Trinajstić information content (AvgIpc) is 2.66. The van der Waals surface area contributed by atoms with Crippen molar-refractivity contribution < 1.29 is 4.39 Å². The highest BCUT2D eigenvalue weighted by Crippen LogP contribution is 2.36. The van der Waals surface area contributed by atoms with Crippen LogP contribution < -0.4 is 4.90 Å². The lowest BCUT2D eigenvalue weighted by Crippen LogP contribution is -2.30. The molecule has 0 atom stereocenters. The number of hydrogen-bond donors (Lipinski definition) is 0. The maximum absolute atomic E-state index is 14.5. The monoisotopic (exact) mass is 336 g/mol. The molecule has 2 aliphatic rings. The molecule has 4 heteroatoms. The Bertz CT molecular complexity index is 580. The van der Waals surface area contributed by atoms with Crippen LogP contribution in [0.2, 0.25) is 0 Å². The minimum absolute atomic E-state index is 0.139. The molecule has 0 aromatic heterocycles. The highest BCUT2D eigenvalue weighted by molar-refractivity contribution is 9.10. The smallest absolute Gasteiger partial charge is 0.213 e. The molecule has 0 fully saturated rings. The summed E-state index contributed by atoms with van der Waals surface area (Å²) in [5.74, 6) is -0.139. The minimum Gasteiger partial charge on any atom is -0.346 e. The summed E-state index contributed by atoms with van der Waals surface area (Å²) in [6.07, 6.45) is 7.18. The first kappa shape index (κ1) is 13.7. The quantitative estimate of drug-likeness (QED) is 0.708. The molecule has 2 aliphatic heterocycles. The van der Waals surface area contributed by atoms with Gasteiger partial charge in [-0.25, -0.2) is 0 Å². The molecular weight excluding hydrogens is 319 g/mol. The zero-order chi connectivity index (χ0) is 14.1. The van der Waals surface area contributed by atoms with Gasteiger partial charge in [-0.15, -0.1) is 0 Å². The summed E-state index contributed by atoms with van der Waals surface area (Å²) in [5.41, 5.74) is 3.09. The number of allylic oxidation sites excluding steroid dienone is 1. The molecule has 0 aliphatic carbocycles. The molecule has 0 N–H and O–H groups in total. The maximum Gasteiger partial charge on any atom is 0.213 e. The first-order valence-corrected chi connectivity index (χ1v) is 7.80. The van der Waals surface area contributed by atoms with E-state index in [-0.39, 0.29) is 5.95 Å². The second-order valence-electron chi connectivity index (χ2n) is 5.31. The zero-order valence-electron chi connectivity index (χ0n) is 11.6. The van der Waals surface area contributed by atoms with Gasteiger partial charge in [0.05, 0.1) is 5.70 Å². The van der Waals surface area contributed by atoms with E-state index in [4.69, 9.17) is 0 Å². The van der Waals surface area contributed by atoms with E-state index in [9.17, 15) is 4.39 Å². The normalized spacial score (nSPS) is 19.1. The fourth-order valence-corrected chi connectivity index (χ4v) is 3.41. The zero-order valence-corrected chi connectivity index (χ0v) is 13.2. The van der Waals surface area contributed by atoms with E-state index in [1.807, 2.05) is 18.2 Å². The van der Waals surface area contributed by atoms with Crippen molar-refractivity contribution in [3.63, 3.8) is 0 Å². The minimum atomic E-state index is -0.139. The number of anilines is 1. The molecule has 0 saturated carbocycles. The van der Waals surface area contributed by atoms with E-state index in [1.165, 1.54) is 5.56 Å². The lowest BCUT2D eigenvalue weighted by atomic mass is 10.1. The Labute approximate surface area is 127 Å². The van der Waals surface area contributed by atoms with E-state index in [2.05, 4.69) is 33.0 Å². The summed E-state index contributed by atoms with van der Waals surface area (Å²) in [4.78, 5) is 3.77. The SMILES string of the molecule is CN1CC=CC(N2CCCCc3c(Br)cccc32)=C1F. The highest BCUT2D eigenvalue weighted by Gasteiger charge is 2.24. The second-order valence-corrected chi connectivity index (χ2v) is 6.16. The van der Waals surface area contributed by atoms with Crippen LogP contribution in [0.1, 0.15) is 18.4 Å². The van der Waals surface area contributed by atoms with E-state index < -0.39 is 0 Å². The summed E-state index contributed by atoms with van der Waals surface area (Å²) in [6.45, 7) is 1.50. The fraction of sp³-hybridized carbons (Fsp3) is 0.375. The third-order valence-electron chi connectivity index (χ3n) is 3.94. The third kappa shape index (κ3) is 2.37. The van der Waals surface area contributed by atoms with Gasteiger partial charge < -0.3 is 9.80 Å². The van der Waals surface area contributed by atoms with E-state index in [0.717, 1.165) is 36.0 Å². The Morgan fingerprint density at radius 2 is 2.10 bits per heavy atom. The van der Waals surface area contributed by atoms with Crippen LogP contribution in [0.25, 0.3) is 0 Å². The molecule has 0 bridgehead atoms. The largest absolute Gasteiger partial charge is 0.346 e. The van der Waals surface area contributed by atoms with Crippen LogP contribution >= 0.6 is 15.9 Å². The second kappa shape index (κ2) is 5.60. The van der Waals surface area contributed by atoms with Crippen LogP contribution in [0.15, 0.2) is 46.5 Å². The van der Waals surface area contributed by atoms with Gasteiger partial charge in [0.2, 0.25) is 5.95 Å². The van der Waals surface area contributed by atoms with Gasteiger partial charge >= 0.3 is 0 Å². The Morgan fingerprint density at radius 3 is 2.95 bits per heavy atom. The van der Waals surface area contributed by atoms with Gasteiger partial charge in [0.1, 0.15) is 0 Å². The molecule has 0 saturated heterocycles. The molecule has 2 heterocycles. The van der Waals surface area contributed by atoms with Crippen molar-refractivity contribution >= 4 is 21.6 Å². The molecule has 0 spiro atoms. The predicted molar refractivity (Wildman–Crippen MR) is 84.3 cm³/mol. The molecule has 0 radical (unpaired) electrons. The Balaban J connectivity index is 2.09. The molecule has 1 aromatic rings. The topological polar surface area (TPSA) is 6.48 Å². The molecule has 3 rings (SSSR count). The van der Waals surface area contributed by atoms with Crippen LogP contribution in [0.3, 0.4) is 0 Å². The average molecular weight is 337 g/mol. The van der Waals surface area contributed by atoms with E-state index >= 15 is 0 Å². The van der Waals surface area contributed by atoms with E-state index in [1.54, 1.807) is 11.9 Å². The first-order chi connectivity index (χ1) is 9.68. The number of benzene rings is 1. The molecule has 2 nitrogen and oxygen atoms in total. The maximum atomic E-state index is 14.5. The van der Waals surface area contributed by atoms with Gasteiger partial charge in [-0.1, -0.05) is 28.1 Å². The fourth-order valence-electron chi connectivity index (χ4n) is 2.86. The van der Waals surface area contributed by atoms with Crippen molar-refractivity contribution in [2.45, 2.75) is 19.3 Å². The summed E-state index contributed by atoms with van der Waals surface area (Å²) < 4.78 is 15.6. The predicted octanol–water partition coefficient (Wildman–Crippen LogP) is 4.23. The summed E-state index contributed by atoms with van der Waals surface area (Å²) in [6, 6.07) is 6.18. The van der Waals surface area contributed by atoms with Crippen LogP contribution in [-0.4, -0.2) is 25.0 Å². The van der Waals surface area contributed by atoms with Gasteiger partial charge in [-0.3, -0.25) is 0 Å². The first-order valence-electron chi connectivity index (χ1n) is 7.01. The Kier molecular flexibility index (Phi) is 3.83. The van der Waals surface area contributed by atoms with Crippen molar-refractivity contribution in [3.05, 3.63) is 52.0 Å². The van der Waals surface area contributed by atoms with Crippen molar-refractivity contribution in [2.24, 2.45) is 0 Å². The van der Waals surface area contributed by atoms with Crippen LogP contribution in [-0.2, 0) is 6.42 Å². The van der Waals surface area contributed by atoms with Gasteiger partial charge in [0.25, 0.3) is 0 Å². The summed E-state index contributed by atoms with van der Waals surface area (Å²) in [5, 5.41) is 0. The summed E-state index contributed by atoms with van der Waals surface area (Å²) >= 11 is 3.63. The third-order valence-corrected chi connectivity index (χ3v) is 4.68. The van der Waals surface area contributed by atoms with Crippen LogP contribution in [0.5, 0.6) is 0 Å².